The first kappa shape index (κ1) is 10.5. The van der Waals surface area contributed by atoms with Crippen molar-refractivity contribution in [1.29, 1.82) is 0 Å². The van der Waals surface area contributed by atoms with Gasteiger partial charge < -0.3 is 0 Å². The third kappa shape index (κ3) is 3.35. The molecule has 0 saturated heterocycles. The van der Waals surface area contributed by atoms with Crippen molar-refractivity contribution in [2.75, 3.05) is 0 Å². The van der Waals surface area contributed by atoms with Crippen molar-refractivity contribution in [3.05, 3.63) is 18.1 Å². The Morgan fingerprint density at radius 1 is 1.08 bits per heavy atom. The Hall–Kier alpha value is -0.570. The summed E-state index contributed by atoms with van der Waals surface area (Å²) in [5.74, 6) is 0.464. The molecule has 0 aromatic carbocycles. The van der Waals surface area contributed by atoms with Gasteiger partial charge in [-0.15, -0.1) is 11.8 Å². The molecule has 0 N–H and O–H groups in total. The zero-order chi connectivity index (χ0) is 9.84. The highest BCUT2D eigenvalue weighted by Gasteiger charge is 2.03. The van der Waals surface area contributed by atoms with Crippen molar-refractivity contribution in [1.82, 2.24) is 9.97 Å². The highest BCUT2D eigenvalue weighted by atomic mass is 32.2. The fraction of sp³-hybridized carbons (Fsp3) is 0.600. The summed E-state index contributed by atoms with van der Waals surface area (Å²) in [4.78, 5) is 8.69. The molecule has 0 spiro atoms. The average molecular weight is 196 g/mol. The first-order valence-corrected chi connectivity index (χ1v) is 5.46. The lowest BCUT2D eigenvalue weighted by molar-refractivity contribution is 0.798. The smallest absolute Gasteiger partial charge is 0.115 e. The van der Waals surface area contributed by atoms with Crippen LogP contribution in [0.1, 0.15) is 39.3 Å². The Morgan fingerprint density at radius 2 is 1.77 bits per heavy atom. The summed E-state index contributed by atoms with van der Waals surface area (Å²) in [6.07, 6.45) is 3.73. The number of rotatable bonds is 3. The molecule has 3 heteroatoms. The molecular formula is C10H16N2S. The van der Waals surface area contributed by atoms with Crippen LogP contribution in [-0.2, 0) is 0 Å². The molecule has 0 fully saturated rings. The minimum absolute atomic E-state index is 0.464. The quantitative estimate of drug-likeness (QED) is 0.695. The topological polar surface area (TPSA) is 25.8 Å². The van der Waals surface area contributed by atoms with E-state index in [0.717, 1.165) is 10.7 Å². The van der Waals surface area contributed by atoms with E-state index >= 15 is 0 Å². The first-order valence-electron chi connectivity index (χ1n) is 4.58. The standard InChI is InChI=1S/C10H16N2S/c1-7(2)9-5-12-10(6-11-9)13-8(3)4/h5-8H,1-4H3. The van der Waals surface area contributed by atoms with Crippen LogP contribution < -0.4 is 0 Å². The van der Waals surface area contributed by atoms with Gasteiger partial charge in [0.1, 0.15) is 5.03 Å². The molecular weight excluding hydrogens is 180 g/mol. The van der Waals surface area contributed by atoms with Crippen molar-refractivity contribution >= 4 is 11.8 Å². The molecule has 0 unspecified atom stereocenters. The number of aromatic nitrogens is 2. The summed E-state index contributed by atoms with van der Waals surface area (Å²) in [6.45, 7) is 8.56. The van der Waals surface area contributed by atoms with E-state index in [0.29, 0.717) is 11.2 Å². The third-order valence-corrected chi connectivity index (χ3v) is 2.52. The second kappa shape index (κ2) is 4.61. The van der Waals surface area contributed by atoms with E-state index in [4.69, 9.17) is 0 Å². The van der Waals surface area contributed by atoms with E-state index < -0.39 is 0 Å². The van der Waals surface area contributed by atoms with E-state index in [9.17, 15) is 0 Å². The molecule has 1 heterocycles. The van der Waals surface area contributed by atoms with Crippen molar-refractivity contribution in [3.8, 4) is 0 Å². The van der Waals surface area contributed by atoms with Crippen molar-refractivity contribution < 1.29 is 0 Å². The summed E-state index contributed by atoms with van der Waals surface area (Å²) in [5.41, 5.74) is 1.06. The Kier molecular flexibility index (Phi) is 3.72. The van der Waals surface area contributed by atoms with Gasteiger partial charge in [-0.2, -0.15) is 0 Å². The summed E-state index contributed by atoms with van der Waals surface area (Å²) < 4.78 is 0. The van der Waals surface area contributed by atoms with E-state index in [-0.39, 0.29) is 0 Å². The molecule has 0 radical (unpaired) electrons. The molecule has 1 aromatic rings. The predicted octanol–water partition coefficient (Wildman–Crippen LogP) is 3.10. The van der Waals surface area contributed by atoms with E-state index in [1.807, 2.05) is 12.4 Å². The second-order valence-corrected chi connectivity index (χ2v) is 5.20. The maximum Gasteiger partial charge on any atom is 0.115 e. The summed E-state index contributed by atoms with van der Waals surface area (Å²) in [6, 6.07) is 0. The molecule has 0 saturated carbocycles. The number of hydrogen-bond acceptors (Lipinski definition) is 3. The lowest BCUT2D eigenvalue weighted by atomic mass is 10.1. The fourth-order valence-corrected chi connectivity index (χ4v) is 1.64. The van der Waals surface area contributed by atoms with Crippen LogP contribution in [0.4, 0.5) is 0 Å². The molecule has 0 atom stereocenters. The Labute approximate surface area is 84.2 Å². The van der Waals surface area contributed by atoms with Crippen LogP contribution >= 0.6 is 11.8 Å². The van der Waals surface area contributed by atoms with Gasteiger partial charge in [-0.05, 0) is 5.92 Å². The first-order chi connectivity index (χ1) is 6.09. The van der Waals surface area contributed by atoms with Gasteiger partial charge in [0, 0.05) is 11.4 Å². The van der Waals surface area contributed by atoms with Crippen molar-refractivity contribution in [2.24, 2.45) is 0 Å². The van der Waals surface area contributed by atoms with Crippen LogP contribution in [0, 0.1) is 0 Å². The normalized spacial score (nSPS) is 11.2. The van der Waals surface area contributed by atoms with E-state index in [1.54, 1.807) is 11.8 Å². The van der Waals surface area contributed by atoms with Crippen molar-refractivity contribution in [3.63, 3.8) is 0 Å². The zero-order valence-corrected chi connectivity index (χ0v) is 9.43. The molecule has 0 amide bonds. The van der Waals surface area contributed by atoms with Gasteiger partial charge in [0.25, 0.3) is 0 Å². The van der Waals surface area contributed by atoms with Gasteiger partial charge >= 0.3 is 0 Å². The van der Waals surface area contributed by atoms with Crippen LogP contribution in [0.2, 0.25) is 0 Å². The lowest BCUT2D eigenvalue weighted by Crippen LogP contribution is -1.95. The number of nitrogens with zero attached hydrogens (tertiary/aromatic N) is 2. The molecule has 1 aromatic heterocycles. The Bertz CT molecular complexity index is 254. The van der Waals surface area contributed by atoms with Gasteiger partial charge in [-0.1, -0.05) is 27.7 Å². The fourth-order valence-electron chi connectivity index (χ4n) is 0.927. The molecule has 0 aliphatic rings. The summed E-state index contributed by atoms with van der Waals surface area (Å²) >= 11 is 1.75. The van der Waals surface area contributed by atoms with Crippen LogP contribution in [0.15, 0.2) is 17.4 Å². The third-order valence-electron chi connectivity index (χ3n) is 1.60. The summed E-state index contributed by atoms with van der Waals surface area (Å²) in [7, 11) is 0. The number of hydrogen-bond donors (Lipinski definition) is 0. The lowest BCUT2D eigenvalue weighted by Gasteiger charge is -2.06. The zero-order valence-electron chi connectivity index (χ0n) is 8.61. The van der Waals surface area contributed by atoms with Crippen LogP contribution in [0.3, 0.4) is 0 Å². The Morgan fingerprint density at radius 3 is 2.15 bits per heavy atom. The minimum atomic E-state index is 0.464. The highest BCUT2D eigenvalue weighted by Crippen LogP contribution is 2.20. The average Bonchev–Trinajstić information content (AvgIpc) is 2.04. The molecule has 0 aliphatic carbocycles. The molecule has 1 rings (SSSR count). The predicted molar refractivity (Wildman–Crippen MR) is 57.1 cm³/mol. The molecule has 0 bridgehead atoms. The molecule has 13 heavy (non-hydrogen) atoms. The molecule has 0 aliphatic heterocycles. The highest BCUT2D eigenvalue weighted by molar-refractivity contribution is 7.99. The van der Waals surface area contributed by atoms with Gasteiger partial charge in [0.2, 0.25) is 0 Å². The summed E-state index contributed by atoms with van der Waals surface area (Å²) in [5, 5.41) is 1.58. The van der Waals surface area contributed by atoms with Crippen LogP contribution in [0.5, 0.6) is 0 Å². The largest absolute Gasteiger partial charge is 0.257 e. The van der Waals surface area contributed by atoms with Crippen LogP contribution in [0.25, 0.3) is 0 Å². The minimum Gasteiger partial charge on any atom is -0.257 e. The van der Waals surface area contributed by atoms with Gasteiger partial charge in [-0.25, -0.2) is 4.98 Å². The van der Waals surface area contributed by atoms with Gasteiger partial charge in [0.15, 0.2) is 0 Å². The van der Waals surface area contributed by atoms with E-state index in [1.165, 1.54) is 0 Å². The molecule has 72 valence electrons. The molecule has 2 nitrogen and oxygen atoms in total. The number of thioether (sulfide) groups is 1. The van der Waals surface area contributed by atoms with Gasteiger partial charge in [0.05, 0.1) is 11.9 Å². The maximum atomic E-state index is 4.35. The van der Waals surface area contributed by atoms with Crippen molar-refractivity contribution in [2.45, 2.75) is 43.9 Å². The monoisotopic (exact) mass is 196 g/mol. The maximum absolute atomic E-state index is 4.35. The van der Waals surface area contributed by atoms with E-state index in [2.05, 4.69) is 37.7 Å². The Balaban J connectivity index is 2.70. The van der Waals surface area contributed by atoms with Crippen LogP contribution in [-0.4, -0.2) is 15.2 Å². The SMILES string of the molecule is CC(C)Sc1cnc(C(C)C)cn1. The van der Waals surface area contributed by atoms with Gasteiger partial charge in [-0.3, -0.25) is 4.98 Å². The second-order valence-electron chi connectivity index (χ2n) is 3.60.